The minimum Gasteiger partial charge on any atom is -0.484 e. The number of rotatable bonds is 9. The maximum absolute atomic E-state index is 10.9. The molecule has 0 spiro atoms. The van der Waals surface area contributed by atoms with E-state index >= 15 is 0 Å². The lowest BCUT2D eigenvalue weighted by atomic mass is 10.0. The minimum atomic E-state index is -0.489. The van der Waals surface area contributed by atoms with Crippen molar-refractivity contribution in [1.82, 2.24) is 15.5 Å². The topological polar surface area (TPSA) is 92.0 Å². The van der Waals surface area contributed by atoms with Gasteiger partial charge in [-0.25, -0.2) is 4.99 Å². The highest BCUT2D eigenvalue weighted by molar-refractivity contribution is 5.80. The van der Waals surface area contributed by atoms with Gasteiger partial charge in [0.2, 0.25) is 0 Å². The van der Waals surface area contributed by atoms with Gasteiger partial charge in [-0.1, -0.05) is 42.5 Å². The molecule has 7 heteroatoms. The Bertz CT molecular complexity index is 848. The zero-order valence-electron chi connectivity index (χ0n) is 18.2. The van der Waals surface area contributed by atoms with Gasteiger partial charge in [-0.15, -0.1) is 0 Å². The molecule has 2 aromatic rings. The monoisotopic (exact) mass is 423 g/mol. The van der Waals surface area contributed by atoms with Crippen LogP contribution in [0.5, 0.6) is 5.75 Å². The van der Waals surface area contributed by atoms with Crippen molar-refractivity contribution < 1.29 is 9.53 Å². The van der Waals surface area contributed by atoms with Crippen LogP contribution in [0.2, 0.25) is 0 Å². The van der Waals surface area contributed by atoms with E-state index < -0.39 is 5.91 Å². The van der Waals surface area contributed by atoms with Gasteiger partial charge < -0.3 is 21.1 Å². The Labute approximate surface area is 184 Å². The number of primary amides is 1. The van der Waals surface area contributed by atoms with Gasteiger partial charge in [0, 0.05) is 32.2 Å². The van der Waals surface area contributed by atoms with Gasteiger partial charge in [0.25, 0.3) is 5.91 Å². The Balaban J connectivity index is 1.50. The number of nitrogens with two attached hydrogens (primary N) is 1. The van der Waals surface area contributed by atoms with Crippen LogP contribution in [0.4, 0.5) is 0 Å². The molecular weight excluding hydrogens is 390 g/mol. The second kappa shape index (κ2) is 12.0. The summed E-state index contributed by atoms with van der Waals surface area (Å²) in [7, 11) is 0. The predicted octanol–water partition coefficient (Wildman–Crippen LogP) is 2.27. The number of ether oxygens (including phenoxy) is 1. The van der Waals surface area contributed by atoms with Crippen molar-refractivity contribution in [2.24, 2.45) is 10.7 Å². The number of amides is 1. The predicted molar refractivity (Wildman–Crippen MR) is 124 cm³/mol. The second-order valence-electron chi connectivity index (χ2n) is 7.78. The standard InChI is InChI=1S/C24H33N5O2/c1-2-26-24(27-16-20-9-6-10-22(15-20)31-18-23(25)30)28-21-11-13-29(14-12-21)17-19-7-4-3-5-8-19/h3-10,15,21H,2,11-14,16-18H2,1H3,(H2,25,30)(H2,26,27,28). The van der Waals surface area contributed by atoms with Gasteiger partial charge in [-0.3, -0.25) is 9.69 Å². The molecule has 1 fully saturated rings. The zero-order valence-corrected chi connectivity index (χ0v) is 18.2. The third-order valence-corrected chi connectivity index (χ3v) is 5.22. The van der Waals surface area contributed by atoms with E-state index in [9.17, 15) is 4.79 Å². The van der Waals surface area contributed by atoms with Gasteiger partial charge in [0.1, 0.15) is 5.75 Å². The van der Waals surface area contributed by atoms with Gasteiger partial charge in [0.05, 0.1) is 6.54 Å². The van der Waals surface area contributed by atoms with E-state index in [-0.39, 0.29) is 6.61 Å². The summed E-state index contributed by atoms with van der Waals surface area (Å²) in [6.07, 6.45) is 2.18. The van der Waals surface area contributed by atoms with E-state index in [1.165, 1.54) is 5.56 Å². The van der Waals surface area contributed by atoms with Gasteiger partial charge in [-0.05, 0) is 43.0 Å². The number of guanidine groups is 1. The van der Waals surface area contributed by atoms with Crippen LogP contribution in [0.3, 0.4) is 0 Å². The number of aliphatic imine (C=N–C) groups is 1. The summed E-state index contributed by atoms with van der Waals surface area (Å²) in [5.74, 6) is 0.958. The minimum absolute atomic E-state index is 0.125. The fourth-order valence-electron chi connectivity index (χ4n) is 3.65. The summed E-state index contributed by atoms with van der Waals surface area (Å²) in [6.45, 7) is 6.43. The Kier molecular flexibility index (Phi) is 8.72. The molecule has 31 heavy (non-hydrogen) atoms. The molecule has 4 N–H and O–H groups in total. The largest absolute Gasteiger partial charge is 0.484 e. The normalized spacial score (nSPS) is 15.5. The number of likely N-dealkylation sites (tertiary alicyclic amines) is 1. The van der Waals surface area contributed by atoms with Crippen LogP contribution in [0.1, 0.15) is 30.9 Å². The van der Waals surface area contributed by atoms with Crippen molar-refractivity contribution in [2.75, 3.05) is 26.2 Å². The molecular formula is C24H33N5O2. The van der Waals surface area contributed by atoms with Crippen LogP contribution in [0.15, 0.2) is 59.6 Å². The SMILES string of the molecule is CCNC(=NCc1cccc(OCC(N)=O)c1)NC1CCN(Cc2ccccc2)CC1. The molecule has 1 saturated heterocycles. The summed E-state index contributed by atoms with van der Waals surface area (Å²) in [4.78, 5) is 18.1. The number of piperidine rings is 1. The first kappa shape index (κ1) is 22.6. The molecule has 2 aromatic carbocycles. The van der Waals surface area contributed by atoms with E-state index in [2.05, 4.69) is 52.8 Å². The summed E-state index contributed by atoms with van der Waals surface area (Å²) in [6, 6.07) is 18.6. The Morgan fingerprint density at radius 2 is 1.87 bits per heavy atom. The lowest BCUT2D eigenvalue weighted by Crippen LogP contribution is -2.48. The number of nitrogens with zero attached hydrogens (tertiary/aromatic N) is 2. The van der Waals surface area contributed by atoms with Crippen LogP contribution >= 0.6 is 0 Å². The molecule has 0 aliphatic carbocycles. The fourth-order valence-corrected chi connectivity index (χ4v) is 3.65. The number of hydrogen-bond donors (Lipinski definition) is 3. The highest BCUT2D eigenvalue weighted by atomic mass is 16.5. The molecule has 166 valence electrons. The molecule has 0 atom stereocenters. The van der Waals surface area contributed by atoms with Crippen molar-refractivity contribution >= 4 is 11.9 Å². The van der Waals surface area contributed by atoms with Gasteiger partial charge in [0.15, 0.2) is 12.6 Å². The number of carbonyl (C=O) groups is 1. The van der Waals surface area contributed by atoms with E-state index in [1.807, 2.05) is 24.3 Å². The van der Waals surface area contributed by atoms with Crippen molar-refractivity contribution in [1.29, 1.82) is 0 Å². The van der Waals surface area contributed by atoms with Crippen molar-refractivity contribution in [3.8, 4) is 5.75 Å². The first-order valence-electron chi connectivity index (χ1n) is 10.9. The molecule has 0 unspecified atom stereocenters. The van der Waals surface area contributed by atoms with E-state index in [4.69, 9.17) is 15.5 Å². The van der Waals surface area contributed by atoms with Crippen LogP contribution in [0.25, 0.3) is 0 Å². The molecule has 0 saturated carbocycles. The smallest absolute Gasteiger partial charge is 0.255 e. The summed E-state index contributed by atoms with van der Waals surface area (Å²) in [5, 5.41) is 6.92. The average Bonchev–Trinajstić information content (AvgIpc) is 2.78. The van der Waals surface area contributed by atoms with Gasteiger partial charge >= 0.3 is 0 Å². The quantitative estimate of drug-likeness (QED) is 0.425. The third-order valence-electron chi connectivity index (χ3n) is 5.22. The fraction of sp³-hybridized carbons (Fsp3) is 0.417. The molecule has 7 nitrogen and oxygen atoms in total. The maximum atomic E-state index is 10.9. The average molecular weight is 424 g/mol. The maximum Gasteiger partial charge on any atom is 0.255 e. The van der Waals surface area contributed by atoms with Crippen LogP contribution in [-0.2, 0) is 17.9 Å². The number of carbonyl (C=O) groups excluding carboxylic acids is 1. The molecule has 0 bridgehead atoms. The van der Waals surface area contributed by atoms with Crippen LogP contribution in [0, 0.1) is 0 Å². The van der Waals surface area contributed by atoms with Crippen LogP contribution < -0.4 is 21.1 Å². The number of nitrogens with one attached hydrogen (secondary N) is 2. The van der Waals surface area contributed by atoms with Crippen molar-refractivity contribution in [2.45, 2.75) is 38.9 Å². The third kappa shape index (κ3) is 7.94. The number of hydrogen-bond acceptors (Lipinski definition) is 4. The van der Waals surface area contributed by atoms with E-state index in [0.717, 1.165) is 50.5 Å². The van der Waals surface area contributed by atoms with Crippen LogP contribution in [-0.4, -0.2) is 49.0 Å². The highest BCUT2D eigenvalue weighted by Crippen LogP contribution is 2.15. The Hall–Kier alpha value is -3.06. The first-order valence-corrected chi connectivity index (χ1v) is 10.9. The molecule has 3 rings (SSSR count). The molecule has 1 amide bonds. The first-order chi connectivity index (χ1) is 15.1. The lowest BCUT2D eigenvalue weighted by molar-refractivity contribution is -0.119. The van der Waals surface area contributed by atoms with Gasteiger partial charge in [-0.2, -0.15) is 0 Å². The molecule has 0 radical (unpaired) electrons. The Morgan fingerprint density at radius 1 is 1.13 bits per heavy atom. The molecule has 1 heterocycles. The summed E-state index contributed by atoms with van der Waals surface area (Å²) in [5.41, 5.74) is 7.52. The number of benzene rings is 2. The molecule has 0 aromatic heterocycles. The second-order valence-corrected chi connectivity index (χ2v) is 7.78. The van der Waals surface area contributed by atoms with Crippen molar-refractivity contribution in [3.05, 3.63) is 65.7 Å². The molecule has 1 aliphatic heterocycles. The lowest BCUT2D eigenvalue weighted by Gasteiger charge is -2.33. The Morgan fingerprint density at radius 3 is 2.58 bits per heavy atom. The van der Waals surface area contributed by atoms with E-state index in [1.54, 1.807) is 0 Å². The summed E-state index contributed by atoms with van der Waals surface area (Å²) >= 11 is 0. The zero-order chi connectivity index (χ0) is 21.9. The molecule has 1 aliphatic rings. The summed E-state index contributed by atoms with van der Waals surface area (Å²) < 4.78 is 5.38. The highest BCUT2D eigenvalue weighted by Gasteiger charge is 2.20. The van der Waals surface area contributed by atoms with E-state index in [0.29, 0.717) is 18.3 Å². The van der Waals surface area contributed by atoms with Crippen molar-refractivity contribution in [3.63, 3.8) is 0 Å².